The molecule has 0 N–H and O–H groups in total. The van der Waals surface area contributed by atoms with E-state index in [1.807, 2.05) is 0 Å². The second-order valence-electron chi connectivity index (χ2n) is 1.79. The maximum absolute atomic E-state index is 5.60. The quantitative estimate of drug-likeness (QED) is 0.546. The number of thioether (sulfide) groups is 1. The molecular formula is C5H7ClN2S2. The molecule has 0 saturated carbocycles. The van der Waals surface area contributed by atoms with E-state index < -0.39 is 0 Å². The Labute approximate surface area is 73.2 Å². The summed E-state index contributed by atoms with van der Waals surface area (Å²) < 4.78 is 4.87. The standard InChI is InChI=1S/C5H7ClN2S2/c1-4(2-6)9-5-7-3-8-10-5/h3-4H,2H2,1H3. The molecule has 1 aromatic heterocycles. The van der Waals surface area contributed by atoms with Gasteiger partial charge < -0.3 is 0 Å². The first-order chi connectivity index (χ1) is 4.83. The summed E-state index contributed by atoms with van der Waals surface area (Å²) in [6.45, 7) is 2.07. The van der Waals surface area contributed by atoms with Gasteiger partial charge >= 0.3 is 0 Å². The van der Waals surface area contributed by atoms with Crippen LogP contribution >= 0.6 is 34.9 Å². The van der Waals surface area contributed by atoms with E-state index >= 15 is 0 Å². The van der Waals surface area contributed by atoms with E-state index in [1.165, 1.54) is 11.5 Å². The average Bonchev–Trinajstić information content (AvgIpc) is 2.40. The summed E-state index contributed by atoms with van der Waals surface area (Å²) >= 11 is 8.68. The minimum absolute atomic E-state index is 0.426. The van der Waals surface area contributed by atoms with Crippen LogP contribution in [0.25, 0.3) is 0 Å². The van der Waals surface area contributed by atoms with Gasteiger partial charge in [-0.3, -0.25) is 0 Å². The number of alkyl halides is 1. The van der Waals surface area contributed by atoms with Gasteiger partial charge in [-0.25, -0.2) is 4.98 Å². The van der Waals surface area contributed by atoms with Crippen LogP contribution in [0.4, 0.5) is 0 Å². The van der Waals surface area contributed by atoms with Crippen LogP contribution in [0.1, 0.15) is 6.92 Å². The zero-order valence-electron chi connectivity index (χ0n) is 5.45. The average molecular weight is 195 g/mol. The Kier molecular flexibility index (Phi) is 3.45. The molecule has 0 aliphatic carbocycles. The highest BCUT2D eigenvalue weighted by atomic mass is 35.5. The zero-order valence-corrected chi connectivity index (χ0v) is 7.84. The van der Waals surface area contributed by atoms with Crippen molar-refractivity contribution >= 4 is 34.9 Å². The summed E-state index contributed by atoms with van der Waals surface area (Å²) in [5, 5.41) is 0.426. The van der Waals surface area contributed by atoms with Crippen molar-refractivity contribution in [2.24, 2.45) is 0 Å². The van der Waals surface area contributed by atoms with Gasteiger partial charge in [0.15, 0.2) is 4.34 Å². The lowest BCUT2D eigenvalue weighted by Crippen LogP contribution is -1.95. The fourth-order valence-corrected chi connectivity index (χ4v) is 2.20. The summed E-state index contributed by atoms with van der Waals surface area (Å²) in [5.41, 5.74) is 0. The van der Waals surface area contributed by atoms with Gasteiger partial charge in [-0.1, -0.05) is 18.7 Å². The second-order valence-corrected chi connectivity index (χ2v) is 4.56. The molecule has 0 spiro atoms. The number of nitrogens with zero attached hydrogens (tertiary/aromatic N) is 2. The molecular weight excluding hydrogens is 188 g/mol. The third-order valence-electron chi connectivity index (χ3n) is 0.860. The number of rotatable bonds is 3. The molecule has 0 fully saturated rings. The predicted octanol–water partition coefficient (Wildman–Crippen LogP) is 2.26. The van der Waals surface area contributed by atoms with Crippen LogP contribution in [0.3, 0.4) is 0 Å². The van der Waals surface area contributed by atoms with Crippen LogP contribution in [0, 0.1) is 0 Å². The number of halogens is 1. The fourth-order valence-electron chi connectivity index (χ4n) is 0.418. The van der Waals surface area contributed by atoms with Crippen molar-refractivity contribution in [2.75, 3.05) is 5.88 Å². The van der Waals surface area contributed by atoms with Gasteiger partial charge in [-0.05, 0) is 11.5 Å². The Morgan fingerprint density at radius 2 is 2.70 bits per heavy atom. The molecule has 0 aliphatic heterocycles. The molecule has 1 unspecified atom stereocenters. The highest BCUT2D eigenvalue weighted by Crippen LogP contribution is 2.23. The lowest BCUT2D eigenvalue weighted by Gasteiger charge is -2.00. The Balaban J connectivity index is 2.40. The fraction of sp³-hybridized carbons (Fsp3) is 0.600. The molecule has 1 aromatic rings. The molecule has 1 atom stereocenters. The van der Waals surface area contributed by atoms with Crippen LogP contribution in [0.5, 0.6) is 0 Å². The molecule has 10 heavy (non-hydrogen) atoms. The van der Waals surface area contributed by atoms with Gasteiger partial charge in [0.05, 0.1) is 0 Å². The van der Waals surface area contributed by atoms with Crippen LogP contribution in [-0.2, 0) is 0 Å². The predicted molar refractivity (Wildman–Crippen MR) is 45.9 cm³/mol. The summed E-state index contributed by atoms with van der Waals surface area (Å²) in [6.07, 6.45) is 1.56. The smallest absolute Gasteiger partial charge is 0.170 e. The Bertz CT molecular complexity index is 178. The minimum Gasteiger partial charge on any atom is -0.216 e. The van der Waals surface area contributed by atoms with Crippen LogP contribution in [0.15, 0.2) is 10.7 Å². The van der Waals surface area contributed by atoms with Crippen molar-refractivity contribution in [3.8, 4) is 0 Å². The van der Waals surface area contributed by atoms with Crippen molar-refractivity contribution in [1.29, 1.82) is 0 Å². The molecule has 0 amide bonds. The molecule has 0 saturated heterocycles. The summed E-state index contributed by atoms with van der Waals surface area (Å²) in [5.74, 6) is 0.657. The van der Waals surface area contributed by atoms with E-state index in [2.05, 4.69) is 16.3 Å². The lowest BCUT2D eigenvalue weighted by molar-refractivity contribution is 1.11. The number of aromatic nitrogens is 2. The minimum atomic E-state index is 0.426. The highest BCUT2D eigenvalue weighted by Gasteiger charge is 2.04. The Hall–Kier alpha value is 0.200. The molecule has 56 valence electrons. The van der Waals surface area contributed by atoms with Crippen molar-refractivity contribution in [1.82, 2.24) is 9.36 Å². The second kappa shape index (κ2) is 4.16. The summed E-state index contributed by atoms with van der Waals surface area (Å²) in [6, 6.07) is 0. The molecule has 0 aromatic carbocycles. The molecule has 0 radical (unpaired) electrons. The third kappa shape index (κ3) is 2.44. The van der Waals surface area contributed by atoms with Gasteiger partial charge in [-0.15, -0.1) is 11.6 Å². The first kappa shape index (κ1) is 8.30. The van der Waals surface area contributed by atoms with E-state index in [0.29, 0.717) is 11.1 Å². The number of hydrogen-bond donors (Lipinski definition) is 0. The molecule has 0 aliphatic rings. The maximum atomic E-state index is 5.60. The van der Waals surface area contributed by atoms with Crippen LogP contribution < -0.4 is 0 Å². The van der Waals surface area contributed by atoms with E-state index in [0.717, 1.165) is 4.34 Å². The van der Waals surface area contributed by atoms with E-state index in [4.69, 9.17) is 11.6 Å². The van der Waals surface area contributed by atoms with Crippen molar-refractivity contribution in [3.63, 3.8) is 0 Å². The van der Waals surface area contributed by atoms with Gasteiger partial charge in [-0.2, -0.15) is 4.37 Å². The molecule has 1 heterocycles. The van der Waals surface area contributed by atoms with Crippen molar-refractivity contribution < 1.29 is 0 Å². The first-order valence-corrected chi connectivity index (χ1v) is 5.01. The molecule has 0 bridgehead atoms. The van der Waals surface area contributed by atoms with Gasteiger partial charge in [0, 0.05) is 11.1 Å². The Morgan fingerprint density at radius 3 is 3.20 bits per heavy atom. The maximum Gasteiger partial charge on any atom is 0.170 e. The van der Waals surface area contributed by atoms with Gasteiger partial charge in [0.25, 0.3) is 0 Å². The first-order valence-electron chi connectivity index (χ1n) is 2.82. The monoisotopic (exact) mass is 194 g/mol. The largest absolute Gasteiger partial charge is 0.216 e. The molecule has 1 rings (SSSR count). The lowest BCUT2D eigenvalue weighted by atomic mass is 10.6. The van der Waals surface area contributed by atoms with E-state index in [1.54, 1.807) is 18.1 Å². The van der Waals surface area contributed by atoms with E-state index in [9.17, 15) is 0 Å². The summed E-state index contributed by atoms with van der Waals surface area (Å²) in [4.78, 5) is 4.02. The van der Waals surface area contributed by atoms with E-state index in [-0.39, 0.29) is 0 Å². The van der Waals surface area contributed by atoms with Gasteiger partial charge in [0.1, 0.15) is 6.33 Å². The number of hydrogen-bond acceptors (Lipinski definition) is 4. The normalized spacial score (nSPS) is 13.4. The highest BCUT2D eigenvalue weighted by molar-refractivity contribution is 8.01. The topological polar surface area (TPSA) is 25.8 Å². The molecule has 5 heteroatoms. The SMILES string of the molecule is CC(CCl)Sc1ncns1. The van der Waals surface area contributed by atoms with Crippen LogP contribution in [-0.4, -0.2) is 20.5 Å². The summed E-state index contributed by atoms with van der Waals surface area (Å²) in [7, 11) is 0. The zero-order chi connectivity index (χ0) is 7.40. The Morgan fingerprint density at radius 1 is 1.90 bits per heavy atom. The molecule has 2 nitrogen and oxygen atoms in total. The van der Waals surface area contributed by atoms with Crippen molar-refractivity contribution in [3.05, 3.63) is 6.33 Å². The third-order valence-corrected chi connectivity index (χ3v) is 3.36. The van der Waals surface area contributed by atoms with Crippen molar-refractivity contribution in [2.45, 2.75) is 16.5 Å². The van der Waals surface area contributed by atoms with Gasteiger partial charge in [0.2, 0.25) is 0 Å². The van der Waals surface area contributed by atoms with Crippen LogP contribution in [0.2, 0.25) is 0 Å².